The summed E-state index contributed by atoms with van der Waals surface area (Å²) in [6, 6.07) is 11.0. The number of carbonyl (C=O) groups is 3. The van der Waals surface area contributed by atoms with E-state index in [1.165, 1.54) is 17.4 Å². The number of amides is 2. The van der Waals surface area contributed by atoms with Gasteiger partial charge < -0.3 is 15.7 Å². The summed E-state index contributed by atoms with van der Waals surface area (Å²) in [5, 5.41) is 16.2. The molecule has 6 nitrogen and oxygen atoms in total. The molecule has 0 aliphatic carbocycles. The fourth-order valence-electron chi connectivity index (χ4n) is 2.19. The molecule has 26 heavy (non-hydrogen) atoms. The molecule has 0 radical (unpaired) electrons. The molecule has 2 amide bonds. The molecule has 0 spiro atoms. The fourth-order valence-corrected chi connectivity index (χ4v) is 2.85. The molecule has 1 heterocycles. The van der Waals surface area contributed by atoms with Crippen LogP contribution in [0.3, 0.4) is 0 Å². The largest absolute Gasteiger partial charge is 0.480 e. The zero-order valence-electron chi connectivity index (χ0n) is 14.4. The first kappa shape index (κ1) is 19.4. The third kappa shape index (κ3) is 5.29. The highest BCUT2D eigenvalue weighted by atomic mass is 32.1. The molecule has 0 saturated heterocycles. The summed E-state index contributed by atoms with van der Waals surface area (Å²) < 4.78 is 0. The summed E-state index contributed by atoms with van der Waals surface area (Å²) in [7, 11) is 0. The molecule has 2 rings (SSSR count). The van der Waals surface area contributed by atoms with E-state index in [1.807, 2.05) is 11.4 Å². The maximum Gasteiger partial charge on any atom is 0.326 e. The van der Waals surface area contributed by atoms with Crippen molar-refractivity contribution in [3.8, 4) is 0 Å². The number of thiophene rings is 1. The number of nitrogens with one attached hydrogen (secondary N) is 2. The lowest BCUT2D eigenvalue weighted by atomic mass is 10.0. The highest BCUT2D eigenvalue weighted by molar-refractivity contribution is 7.10. The molecular formula is C19H20N2O4S. The van der Waals surface area contributed by atoms with Crippen LogP contribution >= 0.6 is 11.3 Å². The van der Waals surface area contributed by atoms with Gasteiger partial charge in [-0.25, -0.2) is 4.79 Å². The number of carbonyl (C=O) groups excluding carboxylic acids is 2. The van der Waals surface area contributed by atoms with E-state index in [1.54, 1.807) is 50.2 Å². The average molecular weight is 372 g/mol. The molecule has 0 fully saturated rings. The Bertz CT molecular complexity index is 798. The number of carboxylic acid groups (broad SMARTS) is 1. The van der Waals surface area contributed by atoms with E-state index in [2.05, 4.69) is 10.6 Å². The Kier molecular flexibility index (Phi) is 6.68. The maximum absolute atomic E-state index is 12.6. The Morgan fingerprint density at radius 2 is 1.77 bits per heavy atom. The van der Waals surface area contributed by atoms with Crippen molar-refractivity contribution in [2.75, 3.05) is 0 Å². The lowest BCUT2D eigenvalue weighted by Gasteiger charge is -2.19. The van der Waals surface area contributed by atoms with Gasteiger partial charge in [0.25, 0.3) is 11.8 Å². The minimum absolute atomic E-state index is 0.00629. The highest BCUT2D eigenvalue weighted by Gasteiger charge is 2.25. The van der Waals surface area contributed by atoms with Crippen LogP contribution in [0.2, 0.25) is 0 Å². The second kappa shape index (κ2) is 8.96. The maximum atomic E-state index is 12.6. The third-order valence-corrected chi connectivity index (χ3v) is 4.40. The van der Waals surface area contributed by atoms with Crippen LogP contribution in [0.4, 0.5) is 0 Å². The normalized spacial score (nSPS) is 12.5. The number of benzene rings is 1. The van der Waals surface area contributed by atoms with Gasteiger partial charge in [-0.2, -0.15) is 0 Å². The van der Waals surface area contributed by atoms with Gasteiger partial charge in [0.05, 0.1) is 0 Å². The Morgan fingerprint density at radius 1 is 1.08 bits per heavy atom. The van der Waals surface area contributed by atoms with Gasteiger partial charge >= 0.3 is 5.97 Å². The Labute approximate surface area is 155 Å². The van der Waals surface area contributed by atoms with E-state index in [4.69, 9.17) is 0 Å². The van der Waals surface area contributed by atoms with Crippen molar-refractivity contribution >= 4 is 35.2 Å². The van der Waals surface area contributed by atoms with Crippen molar-refractivity contribution in [3.05, 3.63) is 64.0 Å². The molecule has 0 aliphatic heterocycles. The van der Waals surface area contributed by atoms with Crippen molar-refractivity contribution in [2.24, 2.45) is 5.92 Å². The standard InChI is InChI=1S/C19H20N2O4S/c1-12(2)16(19(24)25)21-18(23)15(11-14-9-6-10-26-14)20-17(22)13-7-4-3-5-8-13/h3-12,16H,1-2H3,(H,20,22)(H,21,23)(H,24,25). The van der Waals surface area contributed by atoms with Crippen molar-refractivity contribution in [3.63, 3.8) is 0 Å². The smallest absolute Gasteiger partial charge is 0.326 e. The quantitative estimate of drug-likeness (QED) is 0.651. The first-order chi connectivity index (χ1) is 12.4. The van der Waals surface area contributed by atoms with Crippen LogP contribution in [0.5, 0.6) is 0 Å². The lowest BCUT2D eigenvalue weighted by Crippen LogP contribution is -2.47. The third-order valence-electron chi connectivity index (χ3n) is 3.58. The van der Waals surface area contributed by atoms with Gasteiger partial charge in [0.2, 0.25) is 0 Å². The molecule has 7 heteroatoms. The SMILES string of the molecule is CC(C)C(NC(=O)C(=Cc1cccs1)NC(=O)c1ccccc1)C(=O)O. The van der Waals surface area contributed by atoms with Crippen LogP contribution in [0, 0.1) is 5.92 Å². The van der Waals surface area contributed by atoms with Gasteiger partial charge in [-0.15, -0.1) is 11.3 Å². The van der Waals surface area contributed by atoms with E-state index < -0.39 is 23.8 Å². The molecule has 0 saturated carbocycles. The number of hydrogen-bond donors (Lipinski definition) is 3. The van der Waals surface area contributed by atoms with E-state index >= 15 is 0 Å². The second-order valence-corrected chi connectivity index (χ2v) is 6.91. The average Bonchev–Trinajstić information content (AvgIpc) is 3.12. The summed E-state index contributed by atoms with van der Waals surface area (Å²) in [4.78, 5) is 37.1. The number of aliphatic carboxylic acids is 1. The summed E-state index contributed by atoms with van der Waals surface area (Å²) in [6.07, 6.45) is 1.53. The topological polar surface area (TPSA) is 95.5 Å². The summed E-state index contributed by atoms with van der Waals surface area (Å²) in [5.41, 5.74) is 0.393. The Hall–Kier alpha value is -2.93. The van der Waals surface area contributed by atoms with Crippen molar-refractivity contribution in [1.82, 2.24) is 10.6 Å². The van der Waals surface area contributed by atoms with Crippen LogP contribution in [-0.2, 0) is 9.59 Å². The van der Waals surface area contributed by atoms with Crippen molar-refractivity contribution in [2.45, 2.75) is 19.9 Å². The van der Waals surface area contributed by atoms with Crippen molar-refractivity contribution in [1.29, 1.82) is 0 Å². The molecule has 1 unspecified atom stereocenters. The monoisotopic (exact) mass is 372 g/mol. The van der Waals surface area contributed by atoms with Crippen LogP contribution in [0.1, 0.15) is 29.1 Å². The zero-order chi connectivity index (χ0) is 19.1. The highest BCUT2D eigenvalue weighted by Crippen LogP contribution is 2.14. The van der Waals surface area contributed by atoms with Crippen LogP contribution in [0.15, 0.2) is 53.5 Å². The Balaban J connectivity index is 2.25. The molecule has 1 atom stereocenters. The minimum Gasteiger partial charge on any atom is -0.480 e. The molecule has 136 valence electrons. The molecule has 3 N–H and O–H groups in total. The second-order valence-electron chi connectivity index (χ2n) is 5.93. The molecule has 0 bridgehead atoms. The lowest BCUT2D eigenvalue weighted by molar-refractivity contribution is -0.142. The number of hydrogen-bond acceptors (Lipinski definition) is 4. The van der Waals surface area contributed by atoms with E-state index in [-0.39, 0.29) is 11.6 Å². The van der Waals surface area contributed by atoms with Gasteiger partial charge in [-0.1, -0.05) is 38.1 Å². The molecular weight excluding hydrogens is 352 g/mol. The van der Waals surface area contributed by atoms with Gasteiger partial charge in [0.1, 0.15) is 11.7 Å². The van der Waals surface area contributed by atoms with Crippen LogP contribution < -0.4 is 10.6 Å². The fraction of sp³-hybridized carbons (Fsp3) is 0.211. The van der Waals surface area contributed by atoms with Crippen LogP contribution in [-0.4, -0.2) is 28.9 Å². The van der Waals surface area contributed by atoms with E-state index in [0.29, 0.717) is 5.56 Å². The van der Waals surface area contributed by atoms with Gasteiger partial charge in [0.15, 0.2) is 0 Å². The predicted octanol–water partition coefficient (Wildman–Crippen LogP) is 2.74. The summed E-state index contributed by atoms with van der Waals surface area (Å²) >= 11 is 1.40. The summed E-state index contributed by atoms with van der Waals surface area (Å²) in [6.45, 7) is 3.40. The molecule has 1 aromatic carbocycles. The molecule has 1 aromatic heterocycles. The van der Waals surface area contributed by atoms with Gasteiger partial charge in [0, 0.05) is 10.4 Å². The molecule has 0 aliphatic rings. The van der Waals surface area contributed by atoms with Crippen molar-refractivity contribution < 1.29 is 19.5 Å². The zero-order valence-corrected chi connectivity index (χ0v) is 15.2. The van der Waals surface area contributed by atoms with E-state index in [9.17, 15) is 19.5 Å². The number of rotatable bonds is 7. The predicted molar refractivity (Wildman–Crippen MR) is 101 cm³/mol. The van der Waals surface area contributed by atoms with Gasteiger partial charge in [-0.05, 0) is 35.6 Å². The minimum atomic E-state index is -1.13. The van der Waals surface area contributed by atoms with Crippen LogP contribution in [0.25, 0.3) is 6.08 Å². The first-order valence-corrected chi connectivity index (χ1v) is 8.91. The molecule has 2 aromatic rings. The Morgan fingerprint density at radius 3 is 2.31 bits per heavy atom. The van der Waals surface area contributed by atoms with Gasteiger partial charge in [-0.3, -0.25) is 9.59 Å². The first-order valence-electron chi connectivity index (χ1n) is 8.03. The summed E-state index contributed by atoms with van der Waals surface area (Å²) in [5.74, 6) is -2.52. The number of carboxylic acids is 1. The van der Waals surface area contributed by atoms with E-state index in [0.717, 1.165) is 4.88 Å².